The van der Waals surface area contributed by atoms with Crippen LogP contribution in [0.2, 0.25) is 0 Å². The van der Waals surface area contributed by atoms with Gasteiger partial charge in [0.15, 0.2) is 11.5 Å². The first-order chi connectivity index (χ1) is 16.8. The van der Waals surface area contributed by atoms with E-state index < -0.39 is 0 Å². The lowest BCUT2D eigenvalue weighted by atomic mass is 9.92. The highest BCUT2D eigenvalue weighted by Gasteiger charge is 2.25. The summed E-state index contributed by atoms with van der Waals surface area (Å²) in [4.78, 5) is 21.7. The maximum Gasteiger partial charge on any atom is 0.238 e. The quantitative estimate of drug-likeness (QED) is 0.297. The number of hydrogen-bond acceptors (Lipinski definition) is 9. The van der Waals surface area contributed by atoms with Crippen LogP contribution in [0, 0.1) is 0 Å². The number of aromatic nitrogens is 5. The van der Waals surface area contributed by atoms with E-state index in [1.807, 2.05) is 45.0 Å². The molecule has 10 heteroatoms. The normalized spacial score (nSPS) is 16.2. The van der Waals surface area contributed by atoms with Crippen molar-refractivity contribution in [2.75, 3.05) is 18.4 Å². The fraction of sp³-hybridized carbons (Fsp3) is 0.400. The minimum Gasteiger partial charge on any atom is -0.392 e. The average Bonchev–Trinajstić information content (AvgIpc) is 3.60. The molecule has 0 unspecified atom stereocenters. The van der Waals surface area contributed by atoms with E-state index in [-0.39, 0.29) is 36.1 Å². The molecule has 1 aromatic carbocycles. The first-order valence-corrected chi connectivity index (χ1v) is 11.7. The van der Waals surface area contributed by atoms with Crippen LogP contribution in [0.5, 0.6) is 0 Å². The second-order valence-corrected chi connectivity index (χ2v) is 9.86. The molecule has 1 aliphatic rings. The van der Waals surface area contributed by atoms with Gasteiger partial charge in [-0.1, -0.05) is 44.1 Å². The van der Waals surface area contributed by atoms with Crippen molar-refractivity contribution in [3.8, 4) is 11.1 Å². The number of aliphatic hydroxyl groups is 1. The maximum atomic E-state index is 13.0. The van der Waals surface area contributed by atoms with Crippen molar-refractivity contribution in [1.29, 1.82) is 0 Å². The summed E-state index contributed by atoms with van der Waals surface area (Å²) in [7, 11) is 0. The second-order valence-electron chi connectivity index (χ2n) is 9.86. The Morgan fingerprint density at radius 1 is 1.26 bits per heavy atom. The van der Waals surface area contributed by atoms with Gasteiger partial charge in [-0.05, 0) is 41.3 Å². The molecule has 10 nitrogen and oxygen atoms in total. The summed E-state index contributed by atoms with van der Waals surface area (Å²) in [5.41, 5.74) is 3.39. The molecule has 35 heavy (non-hydrogen) atoms. The Morgan fingerprint density at radius 2 is 2.11 bits per heavy atom. The predicted molar refractivity (Wildman–Crippen MR) is 131 cm³/mol. The van der Waals surface area contributed by atoms with Crippen molar-refractivity contribution in [1.82, 2.24) is 30.6 Å². The number of hydrogen-bond donors (Lipinski definition) is 4. The fourth-order valence-corrected chi connectivity index (χ4v) is 4.38. The highest BCUT2D eigenvalue weighted by molar-refractivity contribution is 6.01. The molecule has 4 heterocycles. The second kappa shape index (κ2) is 9.20. The summed E-state index contributed by atoms with van der Waals surface area (Å²) in [6.07, 6.45) is 2.77. The van der Waals surface area contributed by atoms with Crippen LogP contribution in [0.3, 0.4) is 0 Å². The minimum atomic E-state index is -0.348. The smallest absolute Gasteiger partial charge is 0.238 e. The molecular formula is C25H29N7O3. The molecule has 0 amide bonds. The van der Waals surface area contributed by atoms with E-state index in [2.05, 4.69) is 36.0 Å². The van der Waals surface area contributed by atoms with Gasteiger partial charge >= 0.3 is 0 Å². The molecule has 1 fully saturated rings. The van der Waals surface area contributed by atoms with Gasteiger partial charge in [0.25, 0.3) is 0 Å². The minimum absolute atomic E-state index is 0.0435. The van der Waals surface area contributed by atoms with E-state index in [0.29, 0.717) is 22.7 Å². The number of carbonyl (C=O) groups excluding carboxylic acids is 1. The third kappa shape index (κ3) is 4.54. The van der Waals surface area contributed by atoms with Crippen LogP contribution in [0.4, 0.5) is 5.82 Å². The predicted octanol–water partition coefficient (Wildman–Crippen LogP) is 3.00. The van der Waals surface area contributed by atoms with Gasteiger partial charge < -0.3 is 20.3 Å². The highest BCUT2D eigenvalue weighted by atomic mass is 16.5. The van der Waals surface area contributed by atoms with Gasteiger partial charge in [-0.15, -0.1) is 0 Å². The zero-order valence-electron chi connectivity index (χ0n) is 20.1. The van der Waals surface area contributed by atoms with E-state index in [9.17, 15) is 9.90 Å². The van der Waals surface area contributed by atoms with Crippen LogP contribution < -0.4 is 10.6 Å². The third-order valence-electron chi connectivity index (χ3n) is 6.25. The molecule has 1 aliphatic heterocycles. The summed E-state index contributed by atoms with van der Waals surface area (Å²) < 4.78 is 5.28. The van der Waals surface area contributed by atoms with Crippen LogP contribution in [-0.2, 0) is 18.4 Å². The summed E-state index contributed by atoms with van der Waals surface area (Å²) in [5, 5.41) is 29.4. The number of ketones is 1. The standard InChI is InChI=1S/C25H29N7O3/c1-25(2,3)24-29-21(32-35-24)19(34)11-14-5-4-6-16(18(14)13-33)17-8-10-27-22-20(17)23(31-30-22)28-15-7-9-26-12-15/h4-6,8,10,15,26,33H,7,9,11-13H2,1-3H3,(H2,27,28,30,31)/t15-/m1/s1. The first-order valence-electron chi connectivity index (χ1n) is 11.7. The van der Waals surface area contributed by atoms with Crippen LogP contribution in [-0.4, -0.2) is 55.3 Å². The van der Waals surface area contributed by atoms with E-state index >= 15 is 0 Å². The fourth-order valence-electron chi connectivity index (χ4n) is 4.38. The summed E-state index contributed by atoms with van der Waals surface area (Å²) in [5.74, 6) is 0.912. The zero-order valence-corrected chi connectivity index (χ0v) is 20.1. The summed E-state index contributed by atoms with van der Waals surface area (Å²) in [6, 6.07) is 7.85. The Hall–Kier alpha value is -3.63. The number of pyridine rings is 1. The summed E-state index contributed by atoms with van der Waals surface area (Å²) >= 11 is 0. The topological polar surface area (TPSA) is 142 Å². The molecule has 5 rings (SSSR count). The van der Waals surface area contributed by atoms with Crippen LogP contribution in [0.25, 0.3) is 22.2 Å². The Bertz CT molecular complexity index is 1360. The van der Waals surface area contributed by atoms with E-state index in [4.69, 9.17) is 4.52 Å². The maximum absolute atomic E-state index is 13.0. The van der Waals surface area contributed by atoms with Gasteiger partial charge in [-0.3, -0.25) is 9.89 Å². The lowest BCUT2D eigenvalue weighted by Crippen LogP contribution is -2.22. The molecule has 0 radical (unpaired) electrons. The molecule has 0 spiro atoms. The molecule has 182 valence electrons. The van der Waals surface area contributed by atoms with Gasteiger partial charge in [-0.25, -0.2) is 4.98 Å². The van der Waals surface area contributed by atoms with Crippen molar-refractivity contribution in [2.24, 2.45) is 0 Å². The number of H-pyrrole nitrogens is 1. The third-order valence-corrected chi connectivity index (χ3v) is 6.25. The van der Waals surface area contributed by atoms with Gasteiger partial charge in [0.1, 0.15) is 0 Å². The Morgan fingerprint density at radius 3 is 2.83 bits per heavy atom. The first kappa shape index (κ1) is 23.1. The number of anilines is 1. The molecule has 1 atom stereocenters. The van der Waals surface area contributed by atoms with Crippen LogP contribution in [0.1, 0.15) is 54.8 Å². The van der Waals surface area contributed by atoms with Gasteiger partial charge in [0, 0.05) is 30.6 Å². The number of carbonyl (C=O) groups is 1. The molecule has 0 bridgehead atoms. The molecule has 0 aliphatic carbocycles. The number of nitrogens with zero attached hydrogens (tertiary/aromatic N) is 4. The van der Waals surface area contributed by atoms with Crippen LogP contribution in [0.15, 0.2) is 35.0 Å². The number of rotatable bonds is 7. The molecule has 4 aromatic rings. The monoisotopic (exact) mass is 475 g/mol. The van der Waals surface area contributed by atoms with Gasteiger partial charge in [0.05, 0.1) is 12.0 Å². The zero-order chi connectivity index (χ0) is 24.6. The Balaban J connectivity index is 1.50. The number of benzene rings is 1. The van der Waals surface area contributed by atoms with E-state index in [1.54, 1.807) is 6.20 Å². The van der Waals surface area contributed by atoms with Crippen molar-refractivity contribution in [3.63, 3.8) is 0 Å². The molecule has 1 saturated heterocycles. The SMILES string of the molecule is CC(C)(C)c1nc(C(=O)Cc2cccc(-c3ccnc4[nH]nc(N[C@@H]5CCNC5)c34)c2CO)no1. The van der Waals surface area contributed by atoms with Crippen molar-refractivity contribution in [2.45, 2.75) is 51.7 Å². The van der Waals surface area contributed by atoms with Crippen molar-refractivity contribution in [3.05, 3.63) is 53.3 Å². The average molecular weight is 476 g/mol. The van der Waals surface area contributed by atoms with Gasteiger partial charge in [0.2, 0.25) is 17.5 Å². The molecule has 4 N–H and O–H groups in total. The van der Waals surface area contributed by atoms with Gasteiger partial charge in [-0.2, -0.15) is 10.1 Å². The van der Waals surface area contributed by atoms with E-state index in [1.165, 1.54) is 0 Å². The highest BCUT2D eigenvalue weighted by Crippen LogP contribution is 2.35. The number of aliphatic hydroxyl groups excluding tert-OH is 1. The number of nitrogens with one attached hydrogen (secondary N) is 3. The molecule has 0 saturated carbocycles. The Kier molecular flexibility index (Phi) is 6.08. The lowest BCUT2D eigenvalue weighted by Gasteiger charge is -2.15. The number of fused-ring (bicyclic) bond motifs is 1. The van der Waals surface area contributed by atoms with E-state index in [0.717, 1.165) is 41.8 Å². The van der Waals surface area contributed by atoms with Crippen molar-refractivity contribution < 1.29 is 14.4 Å². The lowest BCUT2D eigenvalue weighted by molar-refractivity contribution is 0.0979. The number of aromatic amines is 1. The number of Topliss-reactive ketones (excluding diaryl/α,β-unsaturated/α-hetero) is 1. The van der Waals surface area contributed by atoms with Crippen LogP contribution >= 0.6 is 0 Å². The largest absolute Gasteiger partial charge is 0.392 e. The Labute approximate surface area is 202 Å². The summed E-state index contributed by atoms with van der Waals surface area (Å²) in [6.45, 7) is 7.44. The molecule has 3 aromatic heterocycles. The van der Waals surface area contributed by atoms with Crippen molar-refractivity contribution >= 4 is 22.6 Å². The molecular weight excluding hydrogens is 446 g/mol.